The van der Waals surface area contributed by atoms with E-state index in [0.717, 1.165) is 16.7 Å². The predicted octanol–water partition coefficient (Wildman–Crippen LogP) is 4.52. The van der Waals surface area contributed by atoms with Gasteiger partial charge in [-0.15, -0.1) is 0 Å². The van der Waals surface area contributed by atoms with Gasteiger partial charge in [0.05, 0.1) is 5.75 Å². The van der Waals surface area contributed by atoms with E-state index in [-0.39, 0.29) is 5.75 Å². The second-order valence-electron chi connectivity index (χ2n) is 5.95. The summed E-state index contributed by atoms with van der Waals surface area (Å²) in [6.07, 6.45) is 0. The third kappa shape index (κ3) is 4.37. The summed E-state index contributed by atoms with van der Waals surface area (Å²) < 4.78 is 12.8. The molecule has 0 aliphatic heterocycles. The van der Waals surface area contributed by atoms with Gasteiger partial charge in [0.2, 0.25) is 0 Å². The van der Waals surface area contributed by atoms with Gasteiger partial charge in [-0.25, -0.2) is 0 Å². The molecular weight excluding hydrogens is 352 g/mol. The van der Waals surface area contributed by atoms with Gasteiger partial charge in [0.1, 0.15) is 5.60 Å². The number of hydrogen-bond acceptors (Lipinski definition) is 2. The first-order valence-electron chi connectivity index (χ1n) is 8.01. The molecule has 0 aliphatic carbocycles. The molecule has 0 amide bonds. The summed E-state index contributed by atoms with van der Waals surface area (Å²) >= 11 is 5.90. The summed E-state index contributed by atoms with van der Waals surface area (Å²) in [6, 6.07) is 26.1. The van der Waals surface area contributed by atoms with Crippen LogP contribution in [0.5, 0.6) is 0 Å². The minimum absolute atomic E-state index is 0.129. The Balaban J connectivity index is 1.88. The Kier molecular flexibility index (Phi) is 5.69. The van der Waals surface area contributed by atoms with Crippen molar-refractivity contribution in [2.24, 2.45) is 0 Å². The molecule has 1 N–H and O–H groups in total. The molecule has 4 heteroatoms. The molecular formula is C21H19ClO2S. The molecule has 0 heterocycles. The van der Waals surface area contributed by atoms with Crippen LogP contribution in [-0.4, -0.2) is 15.1 Å². The first-order valence-corrected chi connectivity index (χ1v) is 9.87. The second kappa shape index (κ2) is 7.96. The third-order valence-electron chi connectivity index (χ3n) is 4.11. The highest BCUT2D eigenvalue weighted by Crippen LogP contribution is 2.31. The van der Waals surface area contributed by atoms with Gasteiger partial charge < -0.3 is 5.11 Å². The van der Waals surface area contributed by atoms with Crippen molar-refractivity contribution in [1.82, 2.24) is 0 Å². The normalized spacial score (nSPS) is 12.7. The predicted molar refractivity (Wildman–Crippen MR) is 104 cm³/mol. The van der Waals surface area contributed by atoms with E-state index < -0.39 is 16.4 Å². The van der Waals surface area contributed by atoms with E-state index in [2.05, 4.69) is 0 Å². The number of rotatable bonds is 6. The van der Waals surface area contributed by atoms with Crippen LogP contribution in [0.1, 0.15) is 16.7 Å². The summed E-state index contributed by atoms with van der Waals surface area (Å²) in [6.45, 7) is 0. The highest BCUT2D eigenvalue weighted by Gasteiger charge is 2.33. The maximum absolute atomic E-state index is 12.8. The molecule has 1 atom stereocenters. The molecule has 0 spiro atoms. The molecule has 0 saturated heterocycles. The van der Waals surface area contributed by atoms with Gasteiger partial charge in [-0.2, -0.15) is 0 Å². The Morgan fingerprint density at radius 2 is 1.28 bits per heavy atom. The lowest BCUT2D eigenvalue weighted by Crippen LogP contribution is -2.34. The van der Waals surface area contributed by atoms with Crippen molar-refractivity contribution in [3.63, 3.8) is 0 Å². The Bertz CT molecular complexity index is 793. The van der Waals surface area contributed by atoms with Crippen LogP contribution >= 0.6 is 11.6 Å². The smallest absolute Gasteiger partial charge is 0.126 e. The largest absolute Gasteiger partial charge is 0.379 e. The summed E-state index contributed by atoms with van der Waals surface area (Å²) in [4.78, 5) is 0. The monoisotopic (exact) mass is 370 g/mol. The zero-order valence-electron chi connectivity index (χ0n) is 13.6. The Labute approximate surface area is 155 Å². The number of hydrogen-bond donors (Lipinski definition) is 1. The Hall–Kier alpha value is -1.94. The SMILES string of the molecule is O=[S@](Cc1ccc(Cl)cc1)CC(O)(c1ccccc1)c1ccccc1. The molecule has 2 nitrogen and oxygen atoms in total. The first-order chi connectivity index (χ1) is 12.1. The summed E-state index contributed by atoms with van der Waals surface area (Å²) in [5, 5.41) is 12.1. The van der Waals surface area contributed by atoms with E-state index in [1.807, 2.05) is 72.8 Å². The van der Waals surface area contributed by atoms with Gasteiger partial charge >= 0.3 is 0 Å². The van der Waals surface area contributed by atoms with Gasteiger partial charge in [-0.3, -0.25) is 4.21 Å². The zero-order chi connectivity index (χ0) is 17.7. The Morgan fingerprint density at radius 1 is 0.800 bits per heavy atom. The summed E-state index contributed by atoms with van der Waals surface area (Å²) in [5.74, 6) is 0.503. The highest BCUT2D eigenvalue weighted by molar-refractivity contribution is 7.84. The van der Waals surface area contributed by atoms with Crippen LogP contribution in [0.15, 0.2) is 84.9 Å². The molecule has 25 heavy (non-hydrogen) atoms. The molecule has 3 rings (SSSR count). The topological polar surface area (TPSA) is 37.3 Å². The first kappa shape index (κ1) is 17.9. The van der Waals surface area contributed by atoms with Crippen LogP contribution in [0.3, 0.4) is 0 Å². The minimum Gasteiger partial charge on any atom is -0.379 e. The third-order valence-corrected chi connectivity index (χ3v) is 5.76. The standard InChI is InChI=1S/C21H19ClO2S/c22-20-13-11-17(12-14-20)15-25(24)16-21(23,18-7-3-1-4-8-18)19-9-5-2-6-10-19/h1-14,23H,15-16H2/t25-/m1/s1. The van der Waals surface area contributed by atoms with Gasteiger partial charge in [-0.1, -0.05) is 84.4 Å². The molecule has 0 radical (unpaired) electrons. The van der Waals surface area contributed by atoms with Crippen molar-refractivity contribution in [3.05, 3.63) is 107 Å². The molecule has 0 saturated carbocycles. The molecule has 0 fully saturated rings. The molecule has 3 aromatic rings. The van der Waals surface area contributed by atoms with Crippen LogP contribution in [0, 0.1) is 0 Å². The van der Waals surface area contributed by atoms with E-state index in [4.69, 9.17) is 11.6 Å². The van der Waals surface area contributed by atoms with Crippen molar-refractivity contribution in [2.75, 3.05) is 5.75 Å². The van der Waals surface area contributed by atoms with Crippen molar-refractivity contribution < 1.29 is 9.32 Å². The van der Waals surface area contributed by atoms with E-state index >= 15 is 0 Å². The quantitative estimate of drug-likeness (QED) is 0.692. The average Bonchev–Trinajstić information content (AvgIpc) is 2.65. The molecule has 0 bridgehead atoms. The lowest BCUT2D eigenvalue weighted by Gasteiger charge is -2.29. The van der Waals surface area contributed by atoms with Crippen LogP contribution in [0.25, 0.3) is 0 Å². The van der Waals surface area contributed by atoms with Crippen LogP contribution in [0.4, 0.5) is 0 Å². The second-order valence-corrected chi connectivity index (χ2v) is 7.84. The summed E-state index contributed by atoms with van der Waals surface area (Å²) in [5.41, 5.74) is 1.13. The van der Waals surface area contributed by atoms with Crippen LogP contribution < -0.4 is 0 Å². The van der Waals surface area contributed by atoms with E-state index in [0.29, 0.717) is 10.8 Å². The lowest BCUT2D eigenvalue weighted by atomic mass is 9.88. The van der Waals surface area contributed by atoms with Crippen molar-refractivity contribution >= 4 is 22.4 Å². The molecule has 128 valence electrons. The van der Waals surface area contributed by atoms with Crippen LogP contribution in [-0.2, 0) is 22.2 Å². The van der Waals surface area contributed by atoms with Crippen molar-refractivity contribution in [2.45, 2.75) is 11.4 Å². The fraction of sp³-hybridized carbons (Fsp3) is 0.143. The van der Waals surface area contributed by atoms with Gasteiger partial charge in [0, 0.05) is 21.6 Å². The van der Waals surface area contributed by atoms with E-state index in [1.54, 1.807) is 12.1 Å². The van der Waals surface area contributed by atoms with E-state index in [1.165, 1.54) is 0 Å². The number of benzene rings is 3. The van der Waals surface area contributed by atoms with Gasteiger partial charge in [0.15, 0.2) is 0 Å². The fourth-order valence-corrected chi connectivity index (χ4v) is 4.40. The molecule has 3 aromatic carbocycles. The lowest BCUT2D eigenvalue weighted by molar-refractivity contribution is 0.106. The maximum Gasteiger partial charge on any atom is 0.126 e. The fourth-order valence-electron chi connectivity index (χ4n) is 2.81. The van der Waals surface area contributed by atoms with Crippen molar-refractivity contribution in [1.29, 1.82) is 0 Å². The number of halogens is 1. The molecule has 0 unspecified atom stereocenters. The zero-order valence-corrected chi connectivity index (χ0v) is 15.2. The minimum atomic E-state index is -1.29. The molecule has 0 aromatic heterocycles. The molecule has 0 aliphatic rings. The average molecular weight is 371 g/mol. The van der Waals surface area contributed by atoms with Gasteiger partial charge in [-0.05, 0) is 28.8 Å². The highest BCUT2D eigenvalue weighted by atomic mass is 35.5. The Morgan fingerprint density at radius 3 is 1.76 bits per heavy atom. The van der Waals surface area contributed by atoms with E-state index in [9.17, 15) is 9.32 Å². The number of aliphatic hydroxyl groups is 1. The maximum atomic E-state index is 12.8. The van der Waals surface area contributed by atoms with Crippen molar-refractivity contribution in [3.8, 4) is 0 Å². The summed E-state index contributed by atoms with van der Waals surface area (Å²) in [7, 11) is -1.24. The van der Waals surface area contributed by atoms with Crippen LogP contribution in [0.2, 0.25) is 5.02 Å². The van der Waals surface area contributed by atoms with Gasteiger partial charge in [0.25, 0.3) is 0 Å².